The maximum Gasteiger partial charge on any atom is 0.135 e. The number of thiophene rings is 1. The molecule has 54 heavy (non-hydrogen) atoms. The van der Waals surface area contributed by atoms with Gasteiger partial charge in [-0.3, -0.25) is 5.41 Å². The van der Waals surface area contributed by atoms with E-state index in [0.717, 1.165) is 34.3 Å². The average Bonchev–Trinajstić information content (AvgIpc) is 3.79. The first kappa shape index (κ1) is 33.6. The van der Waals surface area contributed by atoms with Crippen molar-refractivity contribution < 1.29 is 4.42 Å². The molecule has 2 aliphatic carbocycles. The number of benzene rings is 7. The standard InChI is InChI=1S/C29H20O.C13H10N2S.C7H9N/c1-17-4-2-7-26-27(17)24-16-21(12-15-25(24)30-26)22-13-10-20-9-8-18-5-3-6-19-11-14-23(22)29(20)28(18)19;14-13(15)10-6-3-5-9-8-4-1-2-7-11(8)16-12(9)10;8-6-7-4-2-1-3-5-7/h2-5,7-13,15-16H,6,14H2,1H3;1-7H,(H3,14,15);1-5H,6,8H2. The zero-order valence-electron chi connectivity index (χ0n) is 30.0. The number of amidine groups is 1. The molecule has 0 radical (unpaired) electrons. The summed E-state index contributed by atoms with van der Waals surface area (Å²) in [5.41, 5.74) is 24.5. The van der Waals surface area contributed by atoms with Crippen LogP contribution in [0.15, 0.2) is 150 Å². The van der Waals surface area contributed by atoms with Gasteiger partial charge in [0.15, 0.2) is 0 Å². The number of nitrogens with one attached hydrogen (secondary N) is 1. The van der Waals surface area contributed by atoms with Gasteiger partial charge in [0.25, 0.3) is 0 Å². The van der Waals surface area contributed by atoms with E-state index < -0.39 is 0 Å². The Balaban J connectivity index is 0.000000133. The minimum atomic E-state index is 0.136. The summed E-state index contributed by atoms with van der Waals surface area (Å²) in [6.45, 7) is 2.80. The first-order chi connectivity index (χ1) is 26.5. The van der Waals surface area contributed by atoms with Crippen LogP contribution < -0.4 is 11.5 Å². The highest BCUT2D eigenvalue weighted by molar-refractivity contribution is 7.26. The van der Waals surface area contributed by atoms with Crippen LogP contribution in [0.4, 0.5) is 0 Å². The van der Waals surface area contributed by atoms with Crippen LogP contribution in [0.3, 0.4) is 0 Å². The molecule has 5 heteroatoms. The Labute approximate surface area is 318 Å². The van der Waals surface area contributed by atoms with Gasteiger partial charge in [0.2, 0.25) is 0 Å². The van der Waals surface area contributed by atoms with E-state index in [1.54, 1.807) is 11.3 Å². The molecule has 0 saturated heterocycles. The van der Waals surface area contributed by atoms with Gasteiger partial charge >= 0.3 is 0 Å². The summed E-state index contributed by atoms with van der Waals surface area (Å²) in [6, 6.07) is 46.3. The molecule has 0 amide bonds. The second-order valence-corrected chi connectivity index (χ2v) is 15.0. The Hall–Kier alpha value is -6.27. The van der Waals surface area contributed by atoms with Gasteiger partial charge in [-0.2, -0.15) is 0 Å². The summed E-state index contributed by atoms with van der Waals surface area (Å²) < 4.78 is 8.47. The Morgan fingerprint density at radius 2 is 1.54 bits per heavy atom. The molecule has 0 fully saturated rings. The van der Waals surface area contributed by atoms with E-state index in [9.17, 15) is 0 Å². The van der Waals surface area contributed by atoms with Crippen molar-refractivity contribution in [3.63, 3.8) is 0 Å². The van der Waals surface area contributed by atoms with Crippen molar-refractivity contribution in [2.75, 3.05) is 0 Å². The van der Waals surface area contributed by atoms with E-state index in [1.807, 2.05) is 54.6 Å². The van der Waals surface area contributed by atoms with Crippen LogP contribution in [-0.2, 0) is 13.0 Å². The molecule has 5 N–H and O–H groups in total. The Bertz CT molecular complexity index is 2960. The number of hydrogen-bond acceptors (Lipinski definition) is 4. The molecule has 2 aromatic heterocycles. The van der Waals surface area contributed by atoms with Gasteiger partial charge in [0.1, 0.15) is 17.0 Å². The predicted molar refractivity (Wildman–Crippen MR) is 231 cm³/mol. The zero-order chi connectivity index (χ0) is 36.8. The second-order valence-electron chi connectivity index (χ2n) is 13.9. The number of aryl methyl sites for hydroxylation is 1. The van der Waals surface area contributed by atoms with E-state index in [-0.39, 0.29) is 5.84 Å². The average molecular weight is 718 g/mol. The molecule has 0 spiro atoms. The molecule has 4 nitrogen and oxygen atoms in total. The number of hydrogen-bond donors (Lipinski definition) is 3. The predicted octanol–water partition coefficient (Wildman–Crippen LogP) is 12.6. The lowest BCUT2D eigenvalue weighted by molar-refractivity contribution is 0.669. The minimum absolute atomic E-state index is 0.136. The van der Waals surface area contributed by atoms with Gasteiger partial charge in [-0.25, -0.2) is 0 Å². The number of rotatable bonds is 3. The van der Waals surface area contributed by atoms with Crippen molar-refractivity contribution in [3.8, 4) is 11.1 Å². The number of nitrogen functional groups attached to an aromatic ring is 1. The number of fused-ring (bicyclic) bond motifs is 6. The van der Waals surface area contributed by atoms with Crippen LogP contribution in [0, 0.1) is 12.3 Å². The maximum absolute atomic E-state index is 7.58. The fraction of sp³-hybridized carbons (Fsp3) is 0.0816. The van der Waals surface area contributed by atoms with Crippen molar-refractivity contribution in [2.24, 2.45) is 11.5 Å². The monoisotopic (exact) mass is 717 g/mol. The molecule has 0 bridgehead atoms. The molecule has 0 aliphatic heterocycles. The van der Waals surface area contributed by atoms with E-state index in [0.29, 0.717) is 6.54 Å². The van der Waals surface area contributed by atoms with Crippen LogP contribution in [0.5, 0.6) is 0 Å². The summed E-state index contributed by atoms with van der Waals surface area (Å²) in [5.74, 6) is 0.136. The number of nitrogens with two attached hydrogens (primary N) is 2. The second kappa shape index (κ2) is 13.9. The summed E-state index contributed by atoms with van der Waals surface area (Å²) in [6.07, 6.45) is 9.04. The summed E-state index contributed by atoms with van der Waals surface area (Å²) in [5, 5.41) is 15.2. The molecule has 2 aliphatic rings. The van der Waals surface area contributed by atoms with Crippen LogP contribution in [0.1, 0.15) is 39.8 Å². The van der Waals surface area contributed by atoms with Gasteiger partial charge in [0.05, 0.1) is 0 Å². The van der Waals surface area contributed by atoms with Crippen molar-refractivity contribution >= 4 is 81.7 Å². The highest BCUT2D eigenvalue weighted by Crippen LogP contribution is 2.44. The zero-order valence-corrected chi connectivity index (χ0v) is 30.8. The molecule has 0 saturated carbocycles. The molecular weight excluding hydrogens is 679 g/mol. The lowest BCUT2D eigenvalue weighted by Crippen LogP contribution is -2.10. The number of allylic oxidation sites excluding steroid dienone is 3. The lowest BCUT2D eigenvalue weighted by Gasteiger charge is -2.25. The van der Waals surface area contributed by atoms with Crippen molar-refractivity contribution in [1.29, 1.82) is 5.41 Å². The van der Waals surface area contributed by atoms with E-state index in [1.165, 1.54) is 81.5 Å². The van der Waals surface area contributed by atoms with Gasteiger partial charge in [-0.05, 0) is 105 Å². The SMILES string of the molecule is Cc1cccc2oc3ccc(-c4ccc5ccc6c7c5c4CC=C7CC=C6)cc3c12.N=C(N)c1cccc2c1sc1ccccc12.NCc1ccccc1. The van der Waals surface area contributed by atoms with Crippen LogP contribution >= 0.6 is 11.3 Å². The van der Waals surface area contributed by atoms with Gasteiger partial charge in [-0.15, -0.1) is 11.3 Å². The van der Waals surface area contributed by atoms with Crippen molar-refractivity contribution in [2.45, 2.75) is 26.3 Å². The van der Waals surface area contributed by atoms with Crippen LogP contribution in [0.2, 0.25) is 0 Å². The van der Waals surface area contributed by atoms with Crippen molar-refractivity contribution in [1.82, 2.24) is 0 Å². The van der Waals surface area contributed by atoms with Crippen LogP contribution in [-0.4, -0.2) is 5.84 Å². The molecule has 262 valence electrons. The van der Waals surface area contributed by atoms with Gasteiger partial charge in [0, 0.05) is 43.1 Å². The fourth-order valence-electron chi connectivity index (χ4n) is 8.04. The van der Waals surface area contributed by atoms with E-state index in [4.69, 9.17) is 21.3 Å². The molecule has 0 unspecified atom stereocenters. The molecule has 9 aromatic rings. The fourth-order valence-corrected chi connectivity index (χ4v) is 9.28. The number of furan rings is 1. The van der Waals surface area contributed by atoms with E-state index >= 15 is 0 Å². The first-order valence-corrected chi connectivity index (χ1v) is 19.2. The Kier molecular flexibility index (Phi) is 8.66. The molecule has 7 aromatic carbocycles. The third-order valence-corrected chi connectivity index (χ3v) is 11.8. The highest BCUT2D eigenvalue weighted by atomic mass is 32.1. The van der Waals surface area contributed by atoms with Gasteiger partial charge in [-0.1, -0.05) is 121 Å². The lowest BCUT2D eigenvalue weighted by atomic mass is 9.79. The molecule has 0 atom stereocenters. The summed E-state index contributed by atoms with van der Waals surface area (Å²) >= 11 is 1.70. The van der Waals surface area contributed by atoms with Crippen LogP contribution in [0.25, 0.3) is 75.7 Å². The third kappa shape index (κ3) is 5.88. The molecule has 2 heterocycles. The maximum atomic E-state index is 7.58. The molecular formula is C49H39N3OS. The normalized spacial score (nSPS) is 12.7. The van der Waals surface area contributed by atoms with Crippen molar-refractivity contribution in [3.05, 3.63) is 179 Å². The quantitative estimate of drug-likeness (QED) is 0.126. The third-order valence-electron chi connectivity index (χ3n) is 10.6. The largest absolute Gasteiger partial charge is 0.456 e. The minimum Gasteiger partial charge on any atom is -0.456 e. The summed E-state index contributed by atoms with van der Waals surface area (Å²) in [4.78, 5) is 0. The topological polar surface area (TPSA) is 89.0 Å². The van der Waals surface area contributed by atoms with Gasteiger partial charge < -0.3 is 15.9 Å². The highest BCUT2D eigenvalue weighted by Gasteiger charge is 2.22. The summed E-state index contributed by atoms with van der Waals surface area (Å²) in [7, 11) is 0. The molecule has 11 rings (SSSR count). The first-order valence-electron chi connectivity index (χ1n) is 18.3. The Morgan fingerprint density at radius 1 is 0.741 bits per heavy atom. The Morgan fingerprint density at radius 3 is 2.37 bits per heavy atom. The van der Waals surface area contributed by atoms with E-state index in [2.05, 4.69) is 104 Å². The smallest absolute Gasteiger partial charge is 0.135 e.